The van der Waals surface area contributed by atoms with Crippen LogP contribution in [-0.2, 0) is 0 Å². The van der Waals surface area contributed by atoms with E-state index in [4.69, 9.17) is 4.74 Å². The van der Waals surface area contributed by atoms with Crippen LogP contribution in [-0.4, -0.2) is 24.5 Å². The van der Waals surface area contributed by atoms with Gasteiger partial charge >= 0.3 is 0 Å². The van der Waals surface area contributed by atoms with Crippen LogP contribution in [0.5, 0.6) is 5.75 Å². The molecule has 3 rings (SSSR count). The van der Waals surface area contributed by atoms with Gasteiger partial charge in [-0.2, -0.15) is 0 Å². The standard InChI is InChI=1S/C15H14O2.C10H10O2/c1-11(16)12-3-5-13(6-4-12)14-7-9-15(17-2)10-8-14;1-7(11)9-3-5-10(6-4-9)8(2)12/h3-10H,1-2H3;3-6H,1-2H3. The summed E-state index contributed by atoms with van der Waals surface area (Å²) < 4.78 is 5.11. The van der Waals surface area contributed by atoms with Crippen LogP contribution in [0.4, 0.5) is 0 Å². The van der Waals surface area contributed by atoms with Gasteiger partial charge in [-0.25, -0.2) is 0 Å². The summed E-state index contributed by atoms with van der Waals surface area (Å²) in [6.07, 6.45) is 0. The molecule has 0 atom stereocenters. The lowest BCUT2D eigenvalue weighted by Crippen LogP contribution is -1.95. The molecule has 0 aromatic heterocycles. The van der Waals surface area contributed by atoms with Gasteiger partial charge in [0.1, 0.15) is 5.75 Å². The Kier molecular flexibility index (Phi) is 7.61. The van der Waals surface area contributed by atoms with E-state index in [1.54, 1.807) is 38.3 Å². The van der Waals surface area contributed by atoms with E-state index in [1.165, 1.54) is 13.8 Å². The SMILES string of the molecule is CC(=O)c1ccc(C(C)=O)cc1.COc1ccc(-c2ccc(C(C)=O)cc2)cc1. The van der Waals surface area contributed by atoms with Gasteiger partial charge in [-0.15, -0.1) is 0 Å². The molecule has 148 valence electrons. The van der Waals surface area contributed by atoms with E-state index in [2.05, 4.69) is 0 Å². The second-order valence-electron chi connectivity index (χ2n) is 6.55. The number of carbonyl (C=O) groups is 3. The predicted molar refractivity (Wildman–Crippen MR) is 115 cm³/mol. The molecule has 29 heavy (non-hydrogen) atoms. The Morgan fingerprint density at radius 3 is 1.07 bits per heavy atom. The molecule has 0 saturated heterocycles. The van der Waals surface area contributed by atoms with Gasteiger partial charge in [0, 0.05) is 16.7 Å². The first-order valence-corrected chi connectivity index (χ1v) is 9.19. The van der Waals surface area contributed by atoms with Crippen molar-refractivity contribution < 1.29 is 19.1 Å². The molecular formula is C25H24O4. The van der Waals surface area contributed by atoms with E-state index < -0.39 is 0 Å². The summed E-state index contributed by atoms with van der Waals surface area (Å²) in [5.74, 6) is 0.968. The molecular weight excluding hydrogens is 364 g/mol. The summed E-state index contributed by atoms with van der Waals surface area (Å²) in [6.45, 7) is 4.58. The number of hydrogen-bond donors (Lipinski definition) is 0. The zero-order valence-electron chi connectivity index (χ0n) is 17.1. The zero-order valence-corrected chi connectivity index (χ0v) is 17.1. The molecule has 0 fully saturated rings. The van der Waals surface area contributed by atoms with Gasteiger partial charge in [-0.3, -0.25) is 14.4 Å². The van der Waals surface area contributed by atoms with Crippen LogP contribution in [0.1, 0.15) is 51.8 Å². The van der Waals surface area contributed by atoms with Crippen molar-refractivity contribution in [1.29, 1.82) is 0 Å². The predicted octanol–water partition coefficient (Wildman–Crippen LogP) is 5.66. The lowest BCUT2D eigenvalue weighted by Gasteiger charge is -2.04. The summed E-state index contributed by atoms with van der Waals surface area (Å²) in [5.41, 5.74) is 4.22. The van der Waals surface area contributed by atoms with Crippen molar-refractivity contribution in [2.45, 2.75) is 20.8 Å². The monoisotopic (exact) mass is 388 g/mol. The Morgan fingerprint density at radius 1 is 0.517 bits per heavy atom. The smallest absolute Gasteiger partial charge is 0.159 e. The first-order valence-electron chi connectivity index (χ1n) is 9.19. The number of benzene rings is 3. The number of hydrogen-bond acceptors (Lipinski definition) is 4. The maximum absolute atomic E-state index is 11.2. The van der Waals surface area contributed by atoms with Gasteiger partial charge < -0.3 is 4.74 Å². The molecule has 0 N–H and O–H groups in total. The van der Waals surface area contributed by atoms with Gasteiger partial charge in [-0.05, 0) is 44.0 Å². The van der Waals surface area contributed by atoms with Crippen molar-refractivity contribution in [2.75, 3.05) is 7.11 Å². The Balaban J connectivity index is 0.000000221. The summed E-state index contributed by atoms with van der Waals surface area (Å²) in [6, 6.07) is 22.1. The van der Waals surface area contributed by atoms with Crippen LogP contribution in [0.25, 0.3) is 11.1 Å². The molecule has 0 aliphatic carbocycles. The number of ether oxygens (including phenoxy) is 1. The van der Waals surface area contributed by atoms with E-state index in [0.29, 0.717) is 11.1 Å². The maximum Gasteiger partial charge on any atom is 0.159 e. The van der Waals surface area contributed by atoms with Crippen molar-refractivity contribution in [2.24, 2.45) is 0 Å². The number of carbonyl (C=O) groups excluding carboxylic acids is 3. The van der Waals surface area contributed by atoms with Gasteiger partial charge in [0.25, 0.3) is 0 Å². The topological polar surface area (TPSA) is 60.4 Å². The minimum Gasteiger partial charge on any atom is -0.497 e. The average molecular weight is 388 g/mol. The first kappa shape index (κ1) is 21.8. The van der Waals surface area contributed by atoms with E-state index in [-0.39, 0.29) is 17.3 Å². The van der Waals surface area contributed by atoms with Gasteiger partial charge in [0.2, 0.25) is 0 Å². The number of rotatable bonds is 5. The van der Waals surface area contributed by atoms with E-state index in [1.807, 2.05) is 48.5 Å². The summed E-state index contributed by atoms with van der Waals surface area (Å²) in [7, 11) is 1.65. The zero-order chi connectivity index (χ0) is 21.4. The van der Waals surface area contributed by atoms with E-state index in [0.717, 1.165) is 22.4 Å². The Bertz CT molecular complexity index is 950. The molecule has 3 aromatic carbocycles. The van der Waals surface area contributed by atoms with Crippen molar-refractivity contribution in [1.82, 2.24) is 0 Å². The molecule has 0 amide bonds. The number of Topliss-reactive ketones (excluding diaryl/α,β-unsaturated/α-hetero) is 3. The molecule has 4 heteroatoms. The highest BCUT2D eigenvalue weighted by Crippen LogP contribution is 2.22. The van der Waals surface area contributed by atoms with E-state index >= 15 is 0 Å². The summed E-state index contributed by atoms with van der Waals surface area (Å²) in [5, 5.41) is 0. The fraction of sp³-hybridized carbons (Fsp3) is 0.160. The van der Waals surface area contributed by atoms with Crippen molar-refractivity contribution in [3.05, 3.63) is 89.5 Å². The minimum atomic E-state index is 0.0186. The highest BCUT2D eigenvalue weighted by Gasteiger charge is 2.02. The quantitative estimate of drug-likeness (QED) is 0.529. The minimum absolute atomic E-state index is 0.0186. The van der Waals surface area contributed by atoms with E-state index in [9.17, 15) is 14.4 Å². The lowest BCUT2D eigenvalue weighted by molar-refractivity contribution is 0.100. The maximum atomic E-state index is 11.2. The number of methoxy groups -OCH3 is 1. The Hall–Kier alpha value is -3.53. The van der Waals surface area contributed by atoms with Gasteiger partial charge in [0.15, 0.2) is 17.3 Å². The molecule has 0 bridgehead atoms. The van der Waals surface area contributed by atoms with Gasteiger partial charge in [0.05, 0.1) is 7.11 Å². The molecule has 0 saturated carbocycles. The van der Waals surface area contributed by atoms with Crippen LogP contribution >= 0.6 is 0 Å². The largest absolute Gasteiger partial charge is 0.497 e. The normalized spacial score (nSPS) is 9.79. The van der Waals surface area contributed by atoms with Crippen LogP contribution in [0.2, 0.25) is 0 Å². The third-order valence-electron chi connectivity index (χ3n) is 4.41. The molecule has 0 heterocycles. The van der Waals surface area contributed by atoms with Crippen molar-refractivity contribution in [3.8, 4) is 16.9 Å². The molecule has 0 aliphatic rings. The molecule has 0 aliphatic heterocycles. The fourth-order valence-corrected chi connectivity index (χ4v) is 2.62. The summed E-state index contributed by atoms with van der Waals surface area (Å²) >= 11 is 0. The van der Waals surface area contributed by atoms with Gasteiger partial charge in [-0.1, -0.05) is 60.7 Å². The first-order chi connectivity index (χ1) is 13.8. The molecule has 0 radical (unpaired) electrons. The highest BCUT2D eigenvalue weighted by molar-refractivity contribution is 5.97. The Labute approximate surface area is 171 Å². The van der Waals surface area contributed by atoms with Crippen LogP contribution < -0.4 is 4.74 Å². The highest BCUT2D eigenvalue weighted by atomic mass is 16.5. The third-order valence-corrected chi connectivity index (χ3v) is 4.41. The number of ketones is 3. The molecule has 0 unspecified atom stereocenters. The van der Waals surface area contributed by atoms with Crippen LogP contribution in [0.3, 0.4) is 0 Å². The third kappa shape index (κ3) is 6.25. The fourth-order valence-electron chi connectivity index (χ4n) is 2.62. The van der Waals surface area contributed by atoms with Crippen LogP contribution in [0, 0.1) is 0 Å². The molecule has 3 aromatic rings. The summed E-state index contributed by atoms with van der Waals surface area (Å²) in [4.78, 5) is 32.8. The molecule has 4 nitrogen and oxygen atoms in total. The van der Waals surface area contributed by atoms with Crippen molar-refractivity contribution >= 4 is 17.3 Å². The molecule has 0 spiro atoms. The van der Waals surface area contributed by atoms with Crippen LogP contribution in [0.15, 0.2) is 72.8 Å². The second kappa shape index (κ2) is 10.1. The average Bonchev–Trinajstić information content (AvgIpc) is 2.74. The second-order valence-corrected chi connectivity index (χ2v) is 6.55. The van der Waals surface area contributed by atoms with Crippen molar-refractivity contribution in [3.63, 3.8) is 0 Å². The lowest BCUT2D eigenvalue weighted by atomic mass is 10.0. The Morgan fingerprint density at radius 2 is 0.793 bits per heavy atom.